The number of para-hydroxylation sites is 1. The molecule has 2 rings (SSSR count). The Labute approximate surface area is 133 Å². The van der Waals surface area contributed by atoms with Gasteiger partial charge in [0, 0.05) is 11.0 Å². The second-order valence-corrected chi connectivity index (χ2v) is 5.79. The fourth-order valence-electron chi connectivity index (χ4n) is 1.74. The Morgan fingerprint density at radius 1 is 1.25 bits per heavy atom. The first-order valence-electron chi connectivity index (χ1n) is 5.76. The van der Waals surface area contributed by atoms with Crippen LogP contribution in [0.25, 0.3) is 0 Å². The van der Waals surface area contributed by atoms with E-state index in [-0.39, 0.29) is 11.6 Å². The Hall–Kier alpha value is -1.27. The smallest absolute Gasteiger partial charge is 0.172 e. The molecule has 2 N–H and O–H groups in total. The van der Waals surface area contributed by atoms with Crippen LogP contribution in [0.5, 0.6) is 11.5 Å². The minimum absolute atomic E-state index is 0.0447. The predicted molar refractivity (Wildman–Crippen MR) is 83.8 cm³/mol. The van der Waals surface area contributed by atoms with E-state index in [9.17, 15) is 9.50 Å². The number of phenols is 1. The van der Waals surface area contributed by atoms with Gasteiger partial charge < -0.3 is 15.2 Å². The Morgan fingerprint density at radius 3 is 2.65 bits per heavy atom. The zero-order valence-electron chi connectivity index (χ0n) is 10.6. The van der Waals surface area contributed by atoms with Gasteiger partial charge in [0.25, 0.3) is 0 Å². The molecule has 20 heavy (non-hydrogen) atoms. The van der Waals surface area contributed by atoms with Crippen LogP contribution in [0.2, 0.25) is 0 Å². The van der Waals surface area contributed by atoms with Crippen molar-refractivity contribution in [3.05, 3.63) is 50.7 Å². The lowest BCUT2D eigenvalue weighted by Crippen LogP contribution is -2.02. The van der Waals surface area contributed by atoms with Crippen molar-refractivity contribution in [2.24, 2.45) is 0 Å². The number of halogens is 3. The molecule has 0 aliphatic heterocycles. The standard InChI is InChI=1S/C14H12Br2FNO2/c1-20-12-6-8(5-10(16)14(12)19)7-18-13-9(15)3-2-4-11(13)17/h2-6,18-19H,7H2,1H3. The first-order chi connectivity index (χ1) is 9.52. The van der Waals surface area contributed by atoms with Crippen LogP contribution in [0.1, 0.15) is 5.56 Å². The van der Waals surface area contributed by atoms with Gasteiger partial charge in [0.1, 0.15) is 5.82 Å². The van der Waals surface area contributed by atoms with Gasteiger partial charge in [-0.2, -0.15) is 0 Å². The summed E-state index contributed by atoms with van der Waals surface area (Å²) in [4.78, 5) is 0. The Bertz CT molecular complexity index is 615. The van der Waals surface area contributed by atoms with Crippen LogP contribution in [0.15, 0.2) is 39.3 Å². The number of hydrogen-bond acceptors (Lipinski definition) is 3. The highest BCUT2D eigenvalue weighted by molar-refractivity contribution is 9.11. The molecule has 2 aromatic rings. The third-order valence-corrected chi connectivity index (χ3v) is 4.01. The van der Waals surface area contributed by atoms with E-state index < -0.39 is 0 Å². The van der Waals surface area contributed by atoms with E-state index in [1.807, 2.05) is 0 Å². The summed E-state index contributed by atoms with van der Waals surface area (Å²) in [6.45, 7) is 0.398. The highest BCUT2D eigenvalue weighted by Gasteiger charge is 2.10. The molecular weight excluding hydrogens is 393 g/mol. The Balaban J connectivity index is 2.21. The Kier molecular flexibility index (Phi) is 4.88. The first-order valence-corrected chi connectivity index (χ1v) is 7.34. The lowest BCUT2D eigenvalue weighted by atomic mass is 10.2. The van der Waals surface area contributed by atoms with Gasteiger partial charge in [-0.05, 0) is 61.7 Å². The van der Waals surface area contributed by atoms with E-state index in [0.29, 0.717) is 26.9 Å². The van der Waals surface area contributed by atoms with Crippen molar-refractivity contribution < 1.29 is 14.2 Å². The van der Waals surface area contributed by atoms with Gasteiger partial charge in [-0.1, -0.05) is 6.07 Å². The molecule has 0 heterocycles. The number of rotatable bonds is 4. The van der Waals surface area contributed by atoms with Crippen LogP contribution in [-0.4, -0.2) is 12.2 Å². The molecule has 0 bridgehead atoms. The van der Waals surface area contributed by atoms with Gasteiger partial charge in [0.15, 0.2) is 11.5 Å². The van der Waals surface area contributed by atoms with Crippen molar-refractivity contribution in [2.45, 2.75) is 6.54 Å². The number of benzene rings is 2. The third-order valence-electron chi connectivity index (χ3n) is 2.74. The van der Waals surface area contributed by atoms with E-state index in [1.54, 1.807) is 24.3 Å². The van der Waals surface area contributed by atoms with Gasteiger partial charge >= 0.3 is 0 Å². The molecule has 3 nitrogen and oxygen atoms in total. The average Bonchev–Trinajstić information content (AvgIpc) is 2.42. The topological polar surface area (TPSA) is 41.5 Å². The molecule has 0 radical (unpaired) electrons. The minimum atomic E-state index is -0.329. The quantitative estimate of drug-likeness (QED) is 0.777. The summed E-state index contributed by atoms with van der Waals surface area (Å²) in [5.41, 5.74) is 1.25. The van der Waals surface area contributed by atoms with Crippen LogP contribution in [0, 0.1) is 5.82 Å². The molecule has 0 aliphatic carbocycles. The summed E-state index contributed by atoms with van der Waals surface area (Å²) in [6.07, 6.45) is 0. The van der Waals surface area contributed by atoms with Crippen molar-refractivity contribution in [3.8, 4) is 11.5 Å². The largest absolute Gasteiger partial charge is 0.503 e. The van der Waals surface area contributed by atoms with Gasteiger partial charge in [-0.3, -0.25) is 0 Å². The van der Waals surface area contributed by atoms with Gasteiger partial charge in [-0.25, -0.2) is 4.39 Å². The fourth-order valence-corrected chi connectivity index (χ4v) is 2.71. The summed E-state index contributed by atoms with van der Waals surface area (Å²) in [7, 11) is 1.48. The van der Waals surface area contributed by atoms with Crippen LogP contribution < -0.4 is 10.1 Å². The lowest BCUT2D eigenvalue weighted by molar-refractivity contribution is 0.371. The molecule has 0 atom stereocenters. The van der Waals surface area contributed by atoms with Crippen molar-refractivity contribution in [3.63, 3.8) is 0 Å². The minimum Gasteiger partial charge on any atom is -0.503 e. The van der Waals surface area contributed by atoms with Crippen molar-refractivity contribution in [2.75, 3.05) is 12.4 Å². The normalized spacial score (nSPS) is 10.4. The highest BCUT2D eigenvalue weighted by Crippen LogP contribution is 2.35. The number of methoxy groups -OCH3 is 1. The van der Waals surface area contributed by atoms with Gasteiger partial charge in [0.2, 0.25) is 0 Å². The molecule has 0 unspecified atom stereocenters. The van der Waals surface area contributed by atoms with Crippen molar-refractivity contribution in [1.82, 2.24) is 0 Å². The molecular formula is C14H12Br2FNO2. The number of aromatic hydroxyl groups is 1. The summed E-state index contributed by atoms with van der Waals surface area (Å²) >= 11 is 6.55. The van der Waals surface area contributed by atoms with Crippen LogP contribution in [0.4, 0.5) is 10.1 Å². The van der Waals surface area contributed by atoms with E-state index in [1.165, 1.54) is 13.2 Å². The van der Waals surface area contributed by atoms with E-state index in [0.717, 1.165) is 5.56 Å². The molecule has 0 fully saturated rings. The number of phenolic OH excluding ortho intramolecular Hbond substituents is 1. The highest BCUT2D eigenvalue weighted by atomic mass is 79.9. The molecule has 106 valence electrons. The maximum Gasteiger partial charge on any atom is 0.172 e. The molecule has 0 amide bonds. The molecule has 0 saturated carbocycles. The van der Waals surface area contributed by atoms with Crippen LogP contribution in [-0.2, 0) is 6.54 Å². The zero-order valence-corrected chi connectivity index (χ0v) is 13.8. The summed E-state index contributed by atoms with van der Waals surface area (Å²) in [5.74, 6) is 0.0799. The molecule has 0 aromatic heterocycles. The van der Waals surface area contributed by atoms with Crippen molar-refractivity contribution in [1.29, 1.82) is 0 Å². The van der Waals surface area contributed by atoms with Crippen molar-refractivity contribution >= 4 is 37.5 Å². The number of nitrogens with one attached hydrogen (secondary N) is 1. The maximum atomic E-state index is 13.7. The molecule has 0 spiro atoms. The number of hydrogen-bond donors (Lipinski definition) is 2. The Morgan fingerprint density at radius 2 is 2.00 bits per heavy atom. The lowest BCUT2D eigenvalue weighted by Gasteiger charge is -2.12. The van der Waals surface area contributed by atoms with Gasteiger partial charge in [-0.15, -0.1) is 0 Å². The molecule has 6 heteroatoms. The predicted octanol–water partition coefficient (Wildman–Crippen LogP) is 4.68. The number of anilines is 1. The molecule has 2 aromatic carbocycles. The van der Waals surface area contributed by atoms with E-state index in [4.69, 9.17) is 4.74 Å². The first kappa shape index (κ1) is 15.1. The zero-order chi connectivity index (χ0) is 14.7. The maximum absolute atomic E-state index is 13.7. The van der Waals surface area contributed by atoms with Crippen LogP contribution in [0.3, 0.4) is 0 Å². The van der Waals surface area contributed by atoms with Gasteiger partial charge in [0.05, 0.1) is 17.3 Å². The average molecular weight is 405 g/mol. The second-order valence-electron chi connectivity index (χ2n) is 4.08. The third kappa shape index (κ3) is 3.24. The second kappa shape index (κ2) is 6.45. The fraction of sp³-hybridized carbons (Fsp3) is 0.143. The summed E-state index contributed by atoms with van der Waals surface area (Å²) < 4.78 is 19.9. The van der Waals surface area contributed by atoms with Crippen LogP contribution >= 0.6 is 31.9 Å². The van der Waals surface area contributed by atoms with E-state index in [2.05, 4.69) is 37.2 Å². The molecule has 0 saturated heterocycles. The number of ether oxygens (including phenoxy) is 1. The summed E-state index contributed by atoms with van der Waals surface area (Å²) in [6, 6.07) is 8.23. The SMILES string of the molecule is COc1cc(CNc2c(F)cccc2Br)cc(Br)c1O. The van der Waals surface area contributed by atoms with E-state index >= 15 is 0 Å². The molecule has 0 aliphatic rings. The summed E-state index contributed by atoms with van der Waals surface area (Å²) in [5, 5.41) is 12.8. The monoisotopic (exact) mass is 403 g/mol.